The fraction of sp³-hybridized carbons (Fsp3) is 0.800. The Morgan fingerprint density at radius 1 is 1.80 bits per heavy atom. The van der Waals surface area contributed by atoms with E-state index in [1.54, 1.807) is 0 Å². The maximum Gasteiger partial charge on any atom is 0.272 e. The average molecular weight is 277 g/mol. The summed E-state index contributed by atoms with van der Waals surface area (Å²) in [5, 5.41) is 0. The minimum Gasteiger partial charge on any atom is -0.337 e. The molecule has 1 amide bonds. The van der Waals surface area contributed by atoms with E-state index in [0.29, 0.717) is 17.0 Å². The first-order valence-electron chi connectivity index (χ1n) is 2.82. The monoisotopic (exact) mass is 277 g/mol. The number of hydrogen-bond acceptors (Lipinski definition) is 1. The van der Waals surface area contributed by atoms with E-state index in [0.717, 1.165) is 0 Å². The van der Waals surface area contributed by atoms with Crippen LogP contribution in [0, 0.1) is 0 Å². The van der Waals surface area contributed by atoms with Crippen LogP contribution in [0.5, 0.6) is 0 Å². The number of rotatable bonds is 1. The number of likely N-dealkylation sites (tertiary alicyclic amines) is 1. The lowest BCUT2D eigenvalue weighted by Crippen LogP contribution is -2.52. The predicted octanol–water partition coefficient (Wildman–Crippen LogP) is 1.17. The molecule has 0 aromatic carbocycles. The molecule has 1 rings (SSSR count). The summed E-state index contributed by atoms with van der Waals surface area (Å²) < 4.78 is 12.5. The lowest BCUT2D eigenvalue weighted by Gasteiger charge is -2.35. The van der Waals surface area contributed by atoms with Crippen LogP contribution in [0.2, 0.25) is 0 Å². The van der Waals surface area contributed by atoms with E-state index in [4.69, 9.17) is 11.6 Å². The van der Waals surface area contributed by atoms with Gasteiger partial charge in [-0.05, 0) is 0 Å². The first-order chi connectivity index (χ1) is 4.61. The minimum atomic E-state index is -1.86. The van der Waals surface area contributed by atoms with Crippen molar-refractivity contribution in [2.45, 2.75) is 9.56 Å². The van der Waals surface area contributed by atoms with Crippen molar-refractivity contribution in [3.8, 4) is 0 Å². The van der Waals surface area contributed by atoms with E-state index < -0.39 is 11.5 Å². The zero-order valence-corrected chi connectivity index (χ0v) is 7.97. The van der Waals surface area contributed by atoms with Crippen LogP contribution in [0.25, 0.3) is 0 Å². The molecular weight excluding hydrogens is 271 g/mol. The number of hydrogen-bond donors (Lipinski definition) is 0. The molecule has 1 aliphatic heterocycles. The molecule has 0 bridgehead atoms. The molecule has 5 heteroatoms. The minimum absolute atomic E-state index is 0.469. The van der Waals surface area contributed by atoms with Crippen molar-refractivity contribution in [1.29, 1.82) is 0 Å². The summed E-state index contributed by atoms with van der Waals surface area (Å²) in [6, 6.07) is 0. The largest absolute Gasteiger partial charge is 0.337 e. The number of carbonyl (C=O) groups excluding carboxylic acids is 1. The number of nitrogens with zero attached hydrogens (tertiary/aromatic N) is 1. The smallest absolute Gasteiger partial charge is 0.272 e. The third kappa shape index (κ3) is 1.72. The van der Waals surface area contributed by atoms with Crippen molar-refractivity contribution in [2.24, 2.45) is 0 Å². The van der Waals surface area contributed by atoms with Crippen molar-refractivity contribution < 1.29 is 9.18 Å². The molecule has 1 fully saturated rings. The highest BCUT2D eigenvalue weighted by Gasteiger charge is 2.31. The highest BCUT2D eigenvalue weighted by Crippen LogP contribution is 2.18. The Morgan fingerprint density at radius 3 is 2.60 bits per heavy atom. The van der Waals surface area contributed by atoms with E-state index in [9.17, 15) is 9.18 Å². The second kappa shape index (κ2) is 3.21. The van der Waals surface area contributed by atoms with Crippen molar-refractivity contribution in [3.63, 3.8) is 0 Å². The normalized spacial score (nSPS) is 22.1. The lowest BCUT2D eigenvalue weighted by molar-refractivity contribution is -0.136. The summed E-state index contributed by atoms with van der Waals surface area (Å²) in [4.78, 5) is 12.1. The molecule has 1 aliphatic rings. The molecule has 0 N–H and O–H groups in total. The first kappa shape index (κ1) is 8.52. The van der Waals surface area contributed by atoms with Crippen LogP contribution in [-0.2, 0) is 4.79 Å². The highest BCUT2D eigenvalue weighted by atomic mass is 127. The number of halogens is 3. The molecule has 0 aromatic heterocycles. The van der Waals surface area contributed by atoms with Gasteiger partial charge in [-0.3, -0.25) is 4.79 Å². The van der Waals surface area contributed by atoms with Gasteiger partial charge in [-0.25, -0.2) is 4.39 Å². The third-order valence-corrected chi connectivity index (χ3v) is 2.31. The van der Waals surface area contributed by atoms with E-state index in [1.165, 1.54) is 4.90 Å². The van der Waals surface area contributed by atoms with Gasteiger partial charge in [0.05, 0.1) is 0 Å². The molecule has 0 aromatic rings. The summed E-state index contributed by atoms with van der Waals surface area (Å²) in [6.45, 7) is 1.26. The summed E-state index contributed by atoms with van der Waals surface area (Å²) >= 11 is 7.13. The van der Waals surface area contributed by atoms with Gasteiger partial charge >= 0.3 is 0 Å². The Bertz CT molecular complexity index is 149. The van der Waals surface area contributed by atoms with Gasteiger partial charge in [0, 0.05) is 17.0 Å². The molecule has 1 saturated heterocycles. The topological polar surface area (TPSA) is 20.3 Å². The summed E-state index contributed by atoms with van der Waals surface area (Å²) in [5.41, 5.74) is -1.86. The Balaban J connectivity index is 2.31. The summed E-state index contributed by atoms with van der Waals surface area (Å²) in [5.74, 6) is -0.602. The Morgan fingerprint density at radius 2 is 2.30 bits per heavy atom. The molecule has 0 radical (unpaired) electrons. The number of amides is 1. The van der Waals surface area contributed by atoms with Gasteiger partial charge in [0.2, 0.25) is 0 Å². The van der Waals surface area contributed by atoms with Crippen LogP contribution in [0.1, 0.15) is 0 Å². The van der Waals surface area contributed by atoms with Crippen molar-refractivity contribution in [3.05, 3.63) is 0 Å². The third-order valence-electron chi connectivity index (χ3n) is 1.34. The van der Waals surface area contributed by atoms with Gasteiger partial charge in [-0.15, -0.1) is 0 Å². The Kier molecular flexibility index (Phi) is 2.74. The molecule has 1 heterocycles. The standard InChI is InChI=1S/C5H6ClFINO/c6-4(7)5(10)9-1-3(8)2-9/h3-4H,1-2H2. The summed E-state index contributed by atoms with van der Waals surface area (Å²) in [6.07, 6.45) is 0. The maximum absolute atomic E-state index is 12.1. The van der Waals surface area contributed by atoms with E-state index in [2.05, 4.69) is 22.6 Å². The Labute approximate surface area is 76.8 Å². The molecule has 0 saturated carbocycles. The fourth-order valence-electron chi connectivity index (χ4n) is 0.743. The molecule has 10 heavy (non-hydrogen) atoms. The molecular formula is C5H6ClFINO. The zero-order valence-electron chi connectivity index (χ0n) is 5.06. The predicted molar refractivity (Wildman–Crippen MR) is 45.1 cm³/mol. The molecule has 58 valence electrons. The van der Waals surface area contributed by atoms with Crippen molar-refractivity contribution in [2.75, 3.05) is 13.1 Å². The highest BCUT2D eigenvalue weighted by molar-refractivity contribution is 14.1. The molecule has 0 spiro atoms. The average Bonchev–Trinajstić information content (AvgIpc) is 1.79. The van der Waals surface area contributed by atoms with Gasteiger partial charge in [0.15, 0.2) is 0 Å². The van der Waals surface area contributed by atoms with Crippen LogP contribution in [0.3, 0.4) is 0 Å². The van der Waals surface area contributed by atoms with Gasteiger partial charge in [0.1, 0.15) is 0 Å². The van der Waals surface area contributed by atoms with Crippen LogP contribution in [0.4, 0.5) is 4.39 Å². The molecule has 0 aliphatic carbocycles. The fourth-order valence-corrected chi connectivity index (χ4v) is 1.83. The number of alkyl halides is 3. The van der Waals surface area contributed by atoms with E-state index >= 15 is 0 Å². The van der Waals surface area contributed by atoms with Gasteiger partial charge in [-0.1, -0.05) is 34.2 Å². The Hall–Kier alpha value is 0.420. The van der Waals surface area contributed by atoms with Gasteiger partial charge < -0.3 is 4.90 Å². The lowest BCUT2D eigenvalue weighted by atomic mass is 10.2. The molecule has 2 nitrogen and oxygen atoms in total. The number of carbonyl (C=O) groups is 1. The SMILES string of the molecule is O=C(C(F)Cl)N1CC(I)C1. The second-order valence-electron chi connectivity index (χ2n) is 2.14. The second-order valence-corrected chi connectivity index (χ2v) is 4.29. The van der Waals surface area contributed by atoms with Crippen LogP contribution >= 0.6 is 34.2 Å². The summed E-state index contributed by atoms with van der Waals surface area (Å²) in [7, 11) is 0. The van der Waals surface area contributed by atoms with Crippen molar-refractivity contribution in [1.82, 2.24) is 4.90 Å². The first-order valence-corrected chi connectivity index (χ1v) is 4.50. The van der Waals surface area contributed by atoms with Crippen LogP contribution < -0.4 is 0 Å². The van der Waals surface area contributed by atoms with Crippen molar-refractivity contribution >= 4 is 40.1 Å². The van der Waals surface area contributed by atoms with E-state index in [1.807, 2.05) is 0 Å². The van der Waals surface area contributed by atoms with Gasteiger partial charge in [0.25, 0.3) is 11.5 Å². The molecule has 1 unspecified atom stereocenters. The van der Waals surface area contributed by atoms with Gasteiger partial charge in [-0.2, -0.15) is 0 Å². The zero-order chi connectivity index (χ0) is 7.72. The maximum atomic E-state index is 12.1. The van der Waals surface area contributed by atoms with Crippen LogP contribution in [-0.4, -0.2) is 33.5 Å². The quantitative estimate of drug-likeness (QED) is 0.520. The van der Waals surface area contributed by atoms with Crippen LogP contribution in [0.15, 0.2) is 0 Å². The molecule has 1 atom stereocenters. The van der Waals surface area contributed by atoms with E-state index in [-0.39, 0.29) is 0 Å².